The first kappa shape index (κ1) is 50.9. The molecule has 0 bridgehead atoms. The Labute approximate surface area is 405 Å². The molecule has 0 fully saturated rings. The van der Waals surface area contributed by atoms with Crippen molar-refractivity contribution in [1.29, 1.82) is 0 Å². The third-order valence-corrected chi connectivity index (χ3v) is 10.9. The molecule has 0 saturated carbocycles. The first-order valence-corrected chi connectivity index (χ1v) is 22.6. The van der Waals surface area contributed by atoms with Gasteiger partial charge in [0.05, 0.1) is 108 Å². The first-order valence-electron chi connectivity index (χ1n) is 22.6. The van der Waals surface area contributed by atoms with Crippen LogP contribution in [0, 0.1) is 0 Å². The highest BCUT2D eigenvalue weighted by atomic mass is 16.5. The van der Waals surface area contributed by atoms with E-state index in [0.717, 1.165) is 0 Å². The molecule has 19 heteroatoms. The standard InChI is InChI=1S/C51H54N10O9/c1-7-68-49(65)40-19-44(29-55-25-40)59(13-15-61(46-18-39(36(6)64)24-54-31-46)48-21-42(27-57-33-48)51(67)70-9-3)11-10-58(43-16-37(34(4)62)22-52-28-43)12-14-60(45-17-38(35(5)63)23-53-30-45)47-20-41(26-56-32-47)50(66)69-8-2/h16-33H,7-15H2,1-6H3. The van der Waals surface area contributed by atoms with Crippen LogP contribution in [-0.4, -0.2) is 124 Å². The molecule has 0 spiro atoms. The van der Waals surface area contributed by atoms with Crippen molar-refractivity contribution in [2.75, 3.05) is 78.7 Å². The van der Waals surface area contributed by atoms with E-state index in [4.69, 9.17) is 14.2 Å². The van der Waals surface area contributed by atoms with Gasteiger partial charge in [-0.05, 0) is 77.9 Å². The van der Waals surface area contributed by atoms with E-state index >= 15 is 0 Å². The highest BCUT2D eigenvalue weighted by Crippen LogP contribution is 2.29. The molecular weight excluding hydrogens is 897 g/mol. The van der Waals surface area contributed by atoms with E-state index < -0.39 is 17.9 Å². The fourth-order valence-corrected chi connectivity index (χ4v) is 7.30. The smallest absolute Gasteiger partial charge is 0.339 e. The second-order valence-corrected chi connectivity index (χ2v) is 15.7. The zero-order valence-electron chi connectivity index (χ0n) is 39.9. The summed E-state index contributed by atoms with van der Waals surface area (Å²) in [6.07, 6.45) is 18.4. The van der Waals surface area contributed by atoms with Crippen molar-refractivity contribution < 1.29 is 43.0 Å². The Morgan fingerprint density at radius 1 is 0.343 bits per heavy atom. The van der Waals surface area contributed by atoms with Crippen LogP contribution in [0.5, 0.6) is 0 Å². The molecule has 362 valence electrons. The first-order chi connectivity index (χ1) is 33.8. The summed E-state index contributed by atoms with van der Waals surface area (Å²) in [5.41, 5.74) is 5.17. The molecule has 0 unspecified atom stereocenters. The number of aromatic nitrogens is 6. The van der Waals surface area contributed by atoms with Gasteiger partial charge in [-0.1, -0.05) is 0 Å². The monoisotopic (exact) mass is 950 g/mol. The minimum Gasteiger partial charge on any atom is -0.462 e. The van der Waals surface area contributed by atoms with Crippen LogP contribution in [0.1, 0.15) is 104 Å². The zero-order chi connectivity index (χ0) is 50.2. The van der Waals surface area contributed by atoms with Crippen LogP contribution in [0.4, 0.5) is 34.1 Å². The molecule has 0 radical (unpaired) electrons. The topological polar surface area (TPSA) is 220 Å². The summed E-state index contributed by atoms with van der Waals surface area (Å²) in [6.45, 7) is 11.6. The Morgan fingerprint density at radius 3 is 0.857 bits per heavy atom. The molecule has 0 aliphatic rings. The summed E-state index contributed by atoms with van der Waals surface area (Å²) in [4.78, 5) is 111. The molecule has 0 aliphatic heterocycles. The molecule has 0 aliphatic carbocycles. The third kappa shape index (κ3) is 13.4. The summed E-state index contributed by atoms with van der Waals surface area (Å²) in [6, 6.07) is 10.2. The molecule has 0 aromatic carbocycles. The minimum absolute atomic E-state index is 0.158. The van der Waals surface area contributed by atoms with E-state index in [1.807, 2.05) is 19.6 Å². The lowest BCUT2D eigenvalue weighted by Gasteiger charge is -2.34. The predicted molar refractivity (Wildman–Crippen MR) is 262 cm³/mol. The molecule has 6 aromatic rings. The van der Waals surface area contributed by atoms with Crippen molar-refractivity contribution in [3.8, 4) is 0 Å². The van der Waals surface area contributed by atoms with Crippen LogP contribution < -0.4 is 19.6 Å². The van der Waals surface area contributed by atoms with Crippen molar-refractivity contribution in [2.45, 2.75) is 41.5 Å². The quantitative estimate of drug-likeness (QED) is 0.0333. The van der Waals surface area contributed by atoms with Gasteiger partial charge in [0.15, 0.2) is 17.3 Å². The largest absolute Gasteiger partial charge is 0.462 e. The number of pyridine rings is 6. The summed E-state index contributed by atoms with van der Waals surface area (Å²) >= 11 is 0. The van der Waals surface area contributed by atoms with Gasteiger partial charge in [-0.25, -0.2) is 14.4 Å². The average Bonchev–Trinajstić information content (AvgIpc) is 3.37. The van der Waals surface area contributed by atoms with Gasteiger partial charge in [0.2, 0.25) is 0 Å². The van der Waals surface area contributed by atoms with Gasteiger partial charge in [0.1, 0.15) is 0 Å². The lowest BCUT2D eigenvalue weighted by atomic mass is 10.1. The summed E-state index contributed by atoms with van der Waals surface area (Å²) < 4.78 is 15.9. The van der Waals surface area contributed by atoms with Crippen molar-refractivity contribution in [2.24, 2.45) is 0 Å². The van der Waals surface area contributed by atoms with Crippen molar-refractivity contribution in [3.63, 3.8) is 0 Å². The van der Waals surface area contributed by atoms with E-state index in [1.54, 1.807) is 94.4 Å². The number of ketones is 3. The molecule has 6 heterocycles. The third-order valence-electron chi connectivity index (χ3n) is 10.9. The van der Waals surface area contributed by atoms with Gasteiger partial charge in [0.25, 0.3) is 0 Å². The molecule has 0 saturated heterocycles. The Morgan fingerprint density at radius 2 is 0.571 bits per heavy atom. The summed E-state index contributed by atoms with van der Waals surface area (Å²) in [7, 11) is 0. The van der Waals surface area contributed by atoms with Crippen LogP contribution in [0.15, 0.2) is 111 Å². The predicted octanol–water partition coefficient (Wildman–Crippen LogP) is 7.18. The Hall–Kier alpha value is -8.48. The van der Waals surface area contributed by atoms with E-state index in [1.165, 1.54) is 58.0 Å². The fourth-order valence-electron chi connectivity index (χ4n) is 7.30. The number of anilines is 6. The van der Waals surface area contributed by atoms with Gasteiger partial charge in [-0.3, -0.25) is 44.3 Å². The van der Waals surface area contributed by atoms with E-state index in [0.29, 0.717) is 63.9 Å². The number of carbonyl (C=O) groups is 6. The summed E-state index contributed by atoms with van der Waals surface area (Å²) in [5.74, 6) is -2.21. The van der Waals surface area contributed by atoms with Crippen LogP contribution in [0.25, 0.3) is 0 Å². The normalized spacial score (nSPS) is 10.7. The maximum absolute atomic E-state index is 13.1. The Kier molecular flexibility index (Phi) is 17.8. The Bertz CT molecular complexity index is 2840. The van der Waals surface area contributed by atoms with Crippen LogP contribution in [0.2, 0.25) is 0 Å². The molecule has 0 amide bonds. The molecule has 6 aromatic heterocycles. The highest BCUT2D eigenvalue weighted by molar-refractivity contribution is 5.96. The molecule has 70 heavy (non-hydrogen) atoms. The number of rotatable bonds is 24. The van der Waals surface area contributed by atoms with Gasteiger partial charge >= 0.3 is 17.9 Å². The van der Waals surface area contributed by atoms with Gasteiger partial charge in [0, 0.05) is 93.1 Å². The van der Waals surface area contributed by atoms with E-state index in [-0.39, 0.29) is 80.0 Å². The van der Waals surface area contributed by atoms with Crippen LogP contribution in [0.3, 0.4) is 0 Å². The maximum atomic E-state index is 13.1. The van der Waals surface area contributed by atoms with E-state index in [2.05, 4.69) is 29.9 Å². The number of nitrogens with zero attached hydrogens (tertiary/aromatic N) is 10. The van der Waals surface area contributed by atoms with Crippen molar-refractivity contribution in [1.82, 2.24) is 29.9 Å². The number of esters is 3. The molecule has 0 atom stereocenters. The van der Waals surface area contributed by atoms with Gasteiger partial charge < -0.3 is 33.8 Å². The van der Waals surface area contributed by atoms with E-state index in [9.17, 15) is 28.8 Å². The number of Topliss-reactive ketones (excluding diaryl/α,β-unsaturated/α-hetero) is 3. The van der Waals surface area contributed by atoms with Gasteiger partial charge in [-0.2, -0.15) is 0 Å². The lowest BCUT2D eigenvalue weighted by Crippen LogP contribution is -2.41. The van der Waals surface area contributed by atoms with Gasteiger partial charge in [-0.15, -0.1) is 0 Å². The average molecular weight is 951 g/mol. The molecule has 6 rings (SSSR count). The zero-order valence-corrected chi connectivity index (χ0v) is 39.9. The highest BCUT2D eigenvalue weighted by Gasteiger charge is 2.22. The van der Waals surface area contributed by atoms with Crippen molar-refractivity contribution in [3.05, 3.63) is 144 Å². The van der Waals surface area contributed by atoms with Crippen LogP contribution in [-0.2, 0) is 14.2 Å². The number of hydrogen-bond donors (Lipinski definition) is 0. The number of hydrogen-bond acceptors (Lipinski definition) is 19. The van der Waals surface area contributed by atoms with Crippen LogP contribution >= 0.6 is 0 Å². The SMILES string of the molecule is CCOC(=O)c1cncc(N(CCN(CCN(c2cncc(C(C)=O)c2)c2cncc(C(=O)OCC)c2)c2cncc(C(C)=O)c2)CCN(c2cncc(C(C)=O)c2)c2cncc(C(=O)OCC)c2)c1. The lowest BCUT2D eigenvalue weighted by molar-refractivity contribution is 0.0516. The minimum atomic E-state index is -0.552. The number of ether oxygens (including phenoxy) is 3. The second kappa shape index (κ2) is 24.5. The van der Waals surface area contributed by atoms with Crippen molar-refractivity contribution >= 4 is 69.4 Å². The second-order valence-electron chi connectivity index (χ2n) is 15.7. The Balaban J connectivity index is 1.41. The summed E-state index contributed by atoms with van der Waals surface area (Å²) in [5, 5.41) is 0. The maximum Gasteiger partial charge on any atom is 0.339 e. The molecule has 19 nitrogen and oxygen atoms in total. The molecule has 0 N–H and O–H groups in total. The fraction of sp³-hybridized carbons (Fsp3) is 0.294. The number of carbonyl (C=O) groups excluding carboxylic acids is 6. The molecular formula is C51H54N10O9.